The fourth-order valence-electron chi connectivity index (χ4n) is 2.68. The average molecular weight is 372 g/mol. The number of amides is 4. The molecular weight excluding hydrogens is 348 g/mol. The SMILES string of the molecule is CC(=O)N/C(=C\c1ccccc1)C(=O)NNC(=O)CN1CCCCCC1=O. The molecule has 144 valence electrons. The Kier molecular flexibility index (Phi) is 7.54. The summed E-state index contributed by atoms with van der Waals surface area (Å²) >= 11 is 0. The molecule has 1 heterocycles. The van der Waals surface area contributed by atoms with Crippen molar-refractivity contribution in [1.82, 2.24) is 21.1 Å². The number of hydrazine groups is 1. The van der Waals surface area contributed by atoms with Gasteiger partial charge in [-0.1, -0.05) is 36.8 Å². The molecule has 8 heteroatoms. The van der Waals surface area contributed by atoms with Crippen molar-refractivity contribution >= 4 is 29.7 Å². The van der Waals surface area contributed by atoms with Gasteiger partial charge in [0.15, 0.2) is 0 Å². The molecule has 0 aliphatic carbocycles. The highest BCUT2D eigenvalue weighted by molar-refractivity contribution is 6.01. The quantitative estimate of drug-likeness (QED) is 0.523. The number of nitrogens with zero attached hydrogens (tertiary/aromatic N) is 1. The van der Waals surface area contributed by atoms with Gasteiger partial charge in [-0.25, -0.2) is 0 Å². The van der Waals surface area contributed by atoms with Gasteiger partial charge in [-0.15, -0.1) is 0 Å². The van der Waals surface area contributed by atoms with Crippen LogP contribution in [0.1, 0.15) is 38.2 Å². The molecule has 2 rings (SSSR count). The zero-order valence-electron chi connectivity index (χ0n) is 15.3. The molecule has 1 aromatic carbocycles. The number of benzene rings is 1. The van der Waals surface area contributed by atoms with E-state index in [1.165, 1.54) is 17.9 Å². The van der Waals surface area contributed by atoms with Crippen LogP contribution in [0.4, 0.5) is 0 Å². The largest absolute Gasteiger partial charge is 0.333 e. The molecular formula is C19H24N4O4. The zero-order valence-corrected chi connectivity index (χ0v) is 15.3. The summed E-state index contributed by atoms with van der Waals surface area (Å²) < 4.78 is 0. The Morgan fingerprint density at radius 1 is 1.07 bits per heavy atom. The third-order valence-electron chi connectivity index (χ3n) is 3.99. The molecule has 3 N–H and O–H groups in total. The Hall–Kier alpha value is -3.16. The maximum absolute atomic E-state index is 12.3. The van der Waals surface area contributed by atoms with Gasteiger partial charge in [-0.05, 0) is 24.5 Å². The van der Waals surface area contributed by atoms with Crippen LogP contribution in [0.5, 0.6) is 0 Å². The lowest BCUT2D eigenvalue weighted by Gasteiger charge is -2.20. The van der Waals surface area contributed by atoms with E-state index in [-0.39, 0.29) is 18.1 Å². The highest BCUT2D eigenvalue weighted by atomic mass is 16.2. The van der Waals surface area contributed by atoms with E-state index < -0.39 is 17.7 Å². The van der Waals surface area contributed by atoms with Crippen molar-refractivity contribution in [3.05, 3.63) is 41.6 Å². The van der Waals surface area contributed by atoms with E-state index >= 15 is 0 Å². The Morgan fingerprint density at radius 2 is 1.81 bits per heavy atom. The lowest BCUT2D eigenvalue weighted by Crippen LogP contribution is -2.49. The van der Waals surface area contributed by atoms with Crippen LogP contribution in [0.3, 0.4) is 0 Å². The maximum Gasteiger partial charge on any atom is 0.286 e. The van der Waals surface area contributed by atoms with E-state index in [0.717, 1.165) is 24.8 Å². The van der Waals surface area contributed by atoms with E-state index in [1.54, 1.807) is 24.3 Å². The first-order chi connectivity index (χ1) is 13.0. The summed E-state index contributed by atoms with van der Waals surface area (Å²) in [6, 6.07) is 8.99. The fourth-order valence-corrected chi connectivity index (χ4v) is 2.68. The van der Waals surface area contributed by atoms with E-state index in [0.29, 0.717) is 13.0 Å². The molecule has 1 aliphatic rings. The summed E-state index contributed by atoms with van der Waals surface area (Å²) in [6.07, 6.45) is 4.59. The number of nitrogens with one attached hydrogen (secondary N) is 3. The summed E-state index contributed by atoms with van der Waals surface area (Å²) in [6.45, 7) is 1.71. The second-order valence-electron chi connectivity index (χ2n) is 6.28. The monoisotopic (exact) mass is 372 g/mol. The Bertz CT molecular complexity index is 730. The summed E-state index contributed by atoms with van der Waals surface area (Å²) in [7, 11) is 0. The van der Waals surface area contributed by atoms with Gasteiger partial charge in [0.2, 0.25) is 11.8 Å². The Balaban J connectivity index is 1.94. The molecule has 4 amide bonds. The summed E-state index contributed by atoms with van der Waals surface area (Å²) in [5, 5.41) is 2.44. The van der Waals surface area contributed by atoms with Crippen LogP contribution in [0.2, 0.25) is 0 Å². The first-order valence-corrected chi connectivity index (χ1v) is 8.87. The first-order valence-electron chi connectivity index (χ1n) is 8.87. The average Bonchev–Trinajstić information content (AvgIpc) is 2.84. The van der Waals surface area contributed by atoms with Crippen molar-refractivity contribution in [3.8, 4) is 0 Å². The maximum atomic E-state index is 12.3. The van der Waals surface area contributed by atoms with Gasteiger partial charge < -0.3 is 10.2 Å². The molecule has 8 nitrogen and oxygen atoms in total. The molecule has 0 atom stereocenters. The topological polar surface area (TPSA) is 108 Å². The Labute approximate surface area is 158 Å². The van der Waals surface area contributed by atoms with E-state index in [1.807, 2.05) is 6.07 Å². The lowest BCUT2D eigenvalue weighted by atomic mass is 10.2. The third-order valence-corrected chi connectivity index (χ3v) is 3.99. The van der Waals surface area contributed by atoms with Crippen molar-refractivity contribution in [2.45, 2.75) is 32.6 Å². The molecule has 0 radical (unpaired) electrons. The molecule has 1 saturated heterocycles. The standard InChI is InChI=1S/C19H24N4O4/c1-14(24)20-16(12-15-8-4-2-5-9-15)19(27)22-21-17(25)13-23-11-7-3-6-10-18(23)26/h2,4-5,8-9,12H,3,6-7,10-11,13H2,1H3,(H,20,24)(H,21,25)(H,22,27)/b16-12-. The number of carbonyl (C=O) groups excluding carboxylic acids is 4. The molecule has 0 aromatic heterocycles. The van der Waals surface area contributed by atoms with Crippen LogP contribution < -0.4 is 16.2 Å². The predicted molar refractivity (Wildman–Crippen MR) is 99.6 cm³/mol. The smallest absolute Gasteiger partial charge is 0.286 e. The van der Waals surface area contributed by atoms with Gasteiger partial charge in [0.25, 0.3) is 11.8 Å². The van der Waals surface area contributed by atoms with E-state index in [2.05, 4.69) is 16.2 Å². The molecule has 0 bridgehead atoms. The van der Waals surface area contributed by atoms with Crippen molar-refractivity contribution in [2.75, 3.05) is 13.1 Å². The van der Waals surface area contributed by atoms with Crippen LogP contribution in [0, 0.1) is 0 Å². The van der Waals surface area contributed by atoms with Gasteiger partial charge in [-0.3, -0.25) is 30.0 Å². The normalized spacial score (nSPS) is 14.9. The number of rotatable bonds is 5. The van der Waals surface area contributed by atoms with Crippen molar-refractivity contribution in [3.63, 3.8) is 0 Å². The van der Waals surface area contributed by atoms with Gasteiger partial charge in [0.1, 0.15) is 12.2 Å². The van der Waals surface area contributed by atoms with Crippen LogP contribution in [-0.4, -0.2) is 41.6 Å². The minimum atomic E-state index is -0.662. The summed E-state index contributed by atoms with van der Waals surface area (Å²) in [4.78, 5) is 49.1. The summed E-state index contributed by atoms with van der Waals surface area (Å²) in [5.74, 6) is -1.63. The van der Waals surface area contributed by atoms with Crippen molar-refractivity contribution < 1.29 is 19.2 Å². The molecule has 1 aliphatic heterocycles. The molecule has 0 saturated carbocycles. The number of hydrogen-bond donors (Lipinski definition) is 3. The second-order valence-corrected chi connectivity index (χ2v) is 6.28. The second kappa shape index (κ2) is 10.1. The minimum absolute atomic E-state index is 0.000140. The highest BCUT2D eigenvalue weighted by Gasteiger charge is 2.20. The van der Waals surface area contributed by atoms with Gasteiger partial charge >= 0.3 is 0 Å². The van der Waals surface area contributed by atoms with Gasteiger partial charge in [0.05, 0.1) is 0 Å². The van der Waals surface area contributed by atoms with Crippen LogP contribution >= 0.6 is 0 Å². The predicted octanol–water partition coefficient (Wildman–Crippen LogP) is 0.714. The lowest BCUT2D eigenvalue weighted by molar-refractivity contribution is -0.136. The zero-order chi connectivity index (χ0) is 19.6. The molecule has 1 fully saturated rings. The minimum Gasteiger partial charge on any atom is -0.333 e. The van der Waals surface area contributed by atoms with E-state index in [9.17, 15) is 19.2 Å². The molecule has 1 aromatic rings. The fraction of sp³-hybridized carbons (Fsp3) is 0.368. The molecule has 0 spiro atoms. The first kappa shape index (κ1) is 20.2. The number of carbonyl (C=O) groups is 4. The third kappa shape index (κ3) is 6.93. The van der Waals surface area contributed by atoms with E-state index in [4.69, 9.17) is 0 Å². The van der Waals surface area contributed by atoms with Crippen LogP contribution in [0.25, 0.3) is 6.08 Å². The Morgan fingerprint density at radius 3 is 2.52 bits per heavy atom. The van der Waals surface area contributed by atoms with Crippen molar-refractivity contribution in [1.29, 1.82) is 0 Å². The number of hydrogen-bond acceptors (Lipinski definition) is 4. The van der Waals surface area contributed by atoms with Crippen LogP contribution in [-0.2, 0) is 19.2 Å². The van der Waals surface area contributed by atoms with Gasteiger partial charge in [-0.2, -0.15) is 0 Å². The van der Waals surface area contributed by atoms with Crippen LogP contribution in [0.15, 0.2) is 36.0 Å². The summed E-state index contributed by atoms with van der Waals surface area (Å²) in [5.41, 5.74) is 5.27. The highest BCUT2D eigenvalue weighted by Crippen LogP contribution is 2.10. The van der Waals surface area contributed by atoms with Crippen molar-refractivity contribution in [2.24, 2.45) is 0 Å². The molecule has 27 heavy (non-hydrogen) atoms. The number of likely N-dealkylation sites (tertiary alicyclic amines) is 1. The van der Waals surface area contributed by atoms with Gasteiger partial charge in [0, 0.05) is 19.9 Å². The molecule has 0 unspecified atom stereocenters.